The van der Waals surface area contributed by atoms with Crippen LogP contribution in [0.25, 0.3) is 0 Å². The zero-order chi connectivity index (χ0) is 11.0. The minimum absolute atomic E-state index is 0.105. The van der Waals surface area contributed by atoms with E-state index in [1.54, 1.807) is 0 Å². The van der Waals surface area contributed by atoms with E-state index in [0.717, 1.165) is 4.90 Å². The smallest absolute Gasteiger partial charge is 0.379 e. The number of carbonyl (C=O) groups is 1. The van der Waals surface area contributed by atoms with Crippen molar-refractivity contribution in [2.45, 2.75) is 18.2 Å². The van der Waals surface area contributed by atoms with Gasteiger partial charge in [-0.3, -0.25) is 4.79 Å². The summed E-state index contributed by atoms with van der Waals surface area (Å²) in [7, 11) is 0. The number of amides is 1. The lowest BCUT2D eigenvalue weighted by molar-refractivity contribution is -0.253. The summed E-state index contributed by atoms with van der Waals surface area (Å²) in [6.07, 6.45) is -5.18. The van der Waals surface area contributed by atoms with Gasteiger partial charge in [0.2, 0.25) is 5.91 Å². The van der Waals surface area contributed by atoms with Crippen molar-refractivity contribution < 1.29 is 23.1 Å². The molecule has 0 radical (unpaired) electrons. The van der Waals surface area contributed by atoms with Gasteiger partial charge in [-0.1, -0.05) is 0 Å². The molecule has 1 aliphatic rings. The molecule has 1 amide bonds. The molecule has 0 aliphatic carbocycles. The van der Waals surface area contributed by atoms with E-state index in [2.05, 4.69) is 0 Å². The van der Waals surface area contributed by atoms with Crippen LogP contribution in [0.2, 0.25) is 0 Å². The summed E-state index contributed by atoms with van der Waals surface area (Å²) in [5, 5.41) is 9.18. The van der Waals surface area contributed by atoms with Crippen LogP contribution in [0.3, 0.4) is 0 Å². The Kier molecular flexibility index (Phi) is 2.73. The van der Waals surface area contributed by atoms with Gasteiger partial charge < -0.3 is 15.7 Å². The summed E-state index contributed by atoms with van der Waals surface area (Å²) < 4.78 is 36.8. The molecule has 0 aromatic carbocycles. The summed E-state index contributed by atoms with van der Waals surface area (Å²) in [5.74, 6) is -0.579. The predicted molar refractivity (Wildman–Crippen MR) is 41.3 cm³/mol. The van der Waals surface area contributed by atoms with Crippen molar-refractivity contribution in [1.82, 2.24) is 4.90 Å². The van der Waals surface area contributed by atoms with Crippen LogP contribution in [0.4, 0.5) is 13.2 Å². The van der Waals surface area contributed by atoms with E-state index in [4.69, 9.17) is 5.73 Å². The maximum atomic E-state index is 12.3. The molecular weight excluding hydrogens is 201 g/mol. The Morgan fingerprint density at radius 3 is 2.50 bits per heavy atom. The summed E-state index contributed by atoms with van der Waals surface area (Å²) in [4.78, 5) is 11.9. The van der Waals surface area contributed by atoms with Crippen LogP contribution in [0, 0.1) is 0 Å². The van der Waals surface area contributed by atoms with E-state index >= 15 is 0 Å². The number of nitrogens with zero attached hydrogens (tertiary/aromatic N) is 1. The highest BCUT2D eigenvalue weighted by Crippen LogP contribution is 2.37. The molecular formula is C7H11F3N2O2. The second-order valence-electron chi connectivity index (χ2n) is 3.30. The van der Waals surface area contributed by atoms with E-state index in [0.29, 0.717) is 0 Å². The Bertz CT molecular complexity index is 244. The molecule has 1 atom stereocenters. The monoisotopic (exact) mass is 212 g/mol. The molecule has 14 heavy (non-hydrogen) atoms. The predicted octanol–water partition coefficient (Wildman–Crippen LogP) is -0.529. The number of carbonyl (C=O) groups excluding carboxylic acids is 1. The zero-order valence-corrected chi connectivity index (χ0v) is 7.34. The second kappa shape index (κ2) is 3.39. The van der Waals surface area contributed by atoms with Gasteiger partial charge in [0.05, 0.1) is 13.1 Å². The van der Waals surface area contributed by atoms with E-state index in [9.17, 15) is 23.1 Å². The molecule has 1 heterocycles. The summed E-state index contributed by atoms with van der Waals surface area (Å²) >= 11 is 0. The third kappa shape index (κ3) is 1.83. The first-order valence-electron chi connectivity index (χ1n) is 4.07. The van der Waals surface area contributed by atoms with E-state index < -0.39 is 30.7 Å². The quantitative estimate of drug-likeness (QED) is 0.614. The van der Waals surface area contributed by atoms with Crippen LogP contribution in [0.15, 0.2) is 0 Å². The fourth-order valence-electron chi connectivity index (χ4n) is 1.37. The minimum Gasteiger partial charge on any atom is -0.379 e. The number of likely N-dealkylation sites (tertiary alicyclic amines) is 1. The normalized spacial score (nSPS) is 28.2. The highest BCUT2D eigenvalue weighted by molar-refractivity contribution is 5.78. The van der Waals surface area contributed by atoms with Crippen molar-refractivity contribution in [2.75, 3.05) is 19.6 Å². The number of β-amino-alcohol motifs (C(OH)–C–C–N with tert-alkyl or cyclic N) is 1. The molecule has 1 rings (SSSR count). The minimum atomic E-state index is -4.70. The molecule has 1 fully saturated rings. The fraction of sp³-hybridized carbons (Fsp3) is 0.857. The van der Waals surface area contributed by atoms with Gasteiger partial charge in [-0.2, -0.15) is 13.2 Å². The highest BCUT2D eigenvalue weighted by atomic mass is 19.4. The fourth-order valence-corrected chi connectivity index (χ4v) is 1.37. The van der Waals surface area contributed by atoms with Gasteiger partial charge in [-0.15, -0.1) is 0 Å². The van der Waals surface area contributed by atoms with Crippen molar-refractivity contribution in [3.8, 4) is 0 Å². The average Bonchev–Trinajstić information content (AvgIpc) is 2.47. The summed E-state index contributed by atoms with van der Waals surface area (Å²) in [6, 6.07) is 0. The number of nitrogens with two attached hydrogens (primary N) is 1. The number of alkyl halides is 3. The topological polar surface area (TPSA) is 66.6 Å². The molecule has 1 saturated heterocycles. The number of hydrogen-bond acceptors (Lipinski definition) is 3. The van der Waals surface area contributed by atoms with Crippen molar-refractivity contribution in [2.24, 2.45) is 5.73 Å². The van der Waals surface area contributed by atoms with Crippen LogP contribution in [-0.4, -0.2) is 47.3 Å². The molecule has 3 N–H and O–H groups in total. The first kappa shape index (κ1) is 11.3. The van der Waals surface area contributed by atoms with Crippen molar-refractivity contribution in [3.63, 3.8) is 0 Å². The lowest BCUT2D eigenvalue weighted by Gasteiger charge is -2.25. The molecule has 7 heteroatoms. The van der Waals surface area contributed by atoms with Gasteiger partial charge in [-0.25, -0.2) is 0 Å². The van der Waals surface area contributed by atoms with E-state index in [1.807, 2.05) is 0 Å². The maximum absolute atomic E-state index is 12.3. The molecule has 0 spiro atoms. The van der Waals surface area contributed by atoms with Crippen molar-refractivity contribution >= 4 is 5.91 Å². The standard InChI is InChI=1S/C7H11F3N2O2/c8-7(9,10)6(14)1-2-12(4-6)5(13)3-11/h14H,1-4,11H2/t6-/m1/s1. The molecule has 0 bridgehead atoms. The lowest BCUT2D eigenvalue weighted by Crippen LogP contribution is -2.48. The molecule has 1 aliphatic heterocycles. The number of aliphatic hydroxyl groups is 1. The lowest BCUT2D eigenvalue weighted by atomic mass is 10.0. The van der Waals surface area contributed by atoms with Gasteiger partial charge in [0.25, 0.3) is 0 Å². The van der Waals surface area contributed by atoms with E-state index in [1.165, 1.54) is 0 Å². The molecule has 0 saturated carbocycles. The Morgan fingerprint density at radius 2 is 2.14 bits per heavy atom. The van der Waals surface area contributed by atoms with Crippen LogP contribution in [-0.2, 0) is 4.79 Å². The Morgan fingerprint density at radius 1 is 1.57 bits per heavy atom. The summed E-state index contributed by atoms with van der Waals surface area (Å²) in [5.41, 5.74) is 2.23. The Balaban J connectivity index is 2.69. The van der Waals surface area contributed by atoms with Gasteiger partial charge in [0.15, 0.2) is 5.60 Å². The van der Waals surface area contributed by atoms with Crippen LogP contribution < -0.4 is 5.73 Å². The Labute approximate surface area is 78.5 Å². The number of rotatable bonds is 1. The van der Waals surface area contributed by atoms with Crippen LogP contribution in [0.5, 0.6) is 0 Å². The van der Waals surface area contributed by atoms with Crippen LogP contribution >= 0.6 is 0 Å². The molecule has 0 aromatic heterocycles. The second-order valence-corrected chi connectivity index (χ2v) is 3.30. The third-order valence-corrected chi connectivity index (χ3v) is 2.30. The Hall–Kier alpha value is -0.820. The van der Waals surface area contributed by atoms with E-state index in [-0.39, 0.29) is 13.1 Å². The average molecular weight is 212 g/mol. The van der Waals surface area contributed by atoms with Crippen molar-refractivity contribution in [3.05, 3.63) is 0 Å². The number of halogens is 3. The maximum Gasteiger partial charge on any atom is 0.419 e. The van der Waals surface area contributed by atoms with Gasteiger partial charge in [-0.05, 0) is 0 Å². The van der Waals surface area contributed by atoms with Crippen LogP contribution in [0.1, 0.15) is 6.42 Å². The van der Waals surface area contributed by atoms with Gasteiger partial charge in [0.1, 0.15) is 0 Å². The first-order chi connectivity index (χ1) is 6.30. The molecule has 0 aromatic rings. The highest BCUT2D eigenvalue weighted by Gasteiger charge is 2.57. The van der Waals surface area contributed by atoms with Gasteiger partial charge in [0, 0.05) is 13.0 Å². The first-order valence-corrected chi connectivity index (χ1v) is 4.07. The molecule has 0 unspecified atom stereocenters. The number of hydrogen-bond donors (Lipinski definition) is 2. The van der Waals surface area contributed by atoms with Gasteiger partial charge >= 0.3 is 6.18 Å². The molecule has 82 valence electrons. The SMILES string of the molecule is NCC(=O)N1CC[C@](O)(C(F)(F)F)C1. The van der Waals surface area contributed by atoms with Crippen molar-refractivity contribution in [1.29, 1.82) is 0 Å². The summed E-state index contributed by atoms with van der Waals surface area (Å²) in [6.45, 7) is -1.16. The third-order valence-electron chi connectivity index (χ3n) is 2.30. The largest absolute Gasteiger partial charge is 0.419 e. The molecule has 4 nitrogen and oxygen atoms in total. The zero-order valence-electron chi connectivity index (χ0n) is 7.34.